The van der Waals surface area contributed by atoms with Crippen molar-refractivity contribution in [3.8, 4) is 0 Å². The van der Waals surface area contributed by atoms with Gasteiger partial charge in [-0.1, -0.05) is 30.0 Å². The number of aromatic nitrogens is 6. The normalized spacial score (nSPS) is 25.7. The lowest BCUT2D eigenvalue weighted by atomic mass is 10.0. The molecule has 0 saturated carbocycles. The van der Waals surface area contributed by atoms with E-state index in [9.17, 15) is 19.5 Å². The zero-order valence-corrected chi connectivity index (χ0v) is 18.4. The van der Waals surface area contributed by atoms with Crippen LogP contribution in [0.5, 0.6) is 0 Å². The standard InChI is InChI=1S/C15H16N8O4S3/c1-4-7-18-19-14(28-7)29-10-8(13(26)27)23-11(25)9(22-5-16-20-21-22)12(23)30-15(10,3)17-6(2)24/h5,9,12H,4H2,1-3H3,(H,17,24)(H,26,27)/t9?,12-,15?/m1/s1. The molecule has 0 aliphatic carbocycles. The number of carbonyl (C=O) groups excluding carboxylic acids is 2. The first-order valence-corrected chi connectivity index (χ1v) is 11.3. The number of fused-ring (bicyclic) bond motifs is 1. The second-order valence-corrected chi connectivity index (χ2v) is 10.4. The summed E-state index contributed by atoms with van der Waals surface area (Å²) in [7, 11) is 0. The molecule has 158 valence electrons. The summed E-state index contributed by atoms with van der Waals surface area (Å²) in [6, 6.07) is -0.771. The Bertz CT molecular complexity index is 1050. The molecule has 2 aromatic rings. The summed E-state index contributed by atoms with van der Waals surface area (Å²) < 4.78 is 1.82. The van der Waals surface area contributed by atoms with Gasteiger partial charge in [0.15, 0.2) is 10.4 Å². The van der Waals surface area contributed by atoms with Gasteiger partial charge in [-0.15, -0.1) is 27.1 Å². The maximum absolute atomic E-state index is 12.9. The van der Waals surface area contributed by atoms with Gasteiger partial charge in [0.25, 0.3) is 5.91 Å². The van der Waals surface area contributed by atoms with E-state index in [-0.39, 0.29) is 11.6 Å². The van der Waals surface area contributed by atoms with E-state index in [1.165, 1.54) is 45.9 Å². The third kappa shape index (κ3) is 3.35. The second kappa shape index (κ2) is 7.63. The van der Waals surface area contributed by atoms with E-state index in [0.29, 0.717) is 15.7 Å². The fourth-order valence-corrected chi connectivity index (χ4v) is 7.09. The second-order valence-electron chi connectivity index (χ2n) is 6.57. The molecule has 4 rings (SSSR count). The van der Waals surface area contributed by atoms with E-state index in [2.05, 4.69) is 31.0 Å². The monoisotopic (exact) mass is 468 g/mol. The molecule has 2 amide bonds. The molecule has 0 spiro atoms. The van der Waals surface area contributed by atoms with Crippen molar-refractivity contribution in [2.24, 2.45) is 0 Å². The van der Waals surface area contributed by atoms with Gasteiger partial charge in [-0.3, -0.25) is 14.5 Å². The summed E-state index contributed by atoms with van der Waals surface area (Å²) in [4.78, 5) is 37.5. The largest absolute Gasteiger partial charge is 0.477 e. The number of rotatable bonds is 6. The number of carboxylic acids is 1. The van der Waals surface area contributed by atoms with E-state index in [1.54, 1.807) is 6.92 Å². The van der Waals surface area contributed by atoms with Crippen LogP contribution in [0.1, 0.15) is 31.8 Å². The molecule has 2 aliphatic heterocycles. The number of carbonyl (C=O) groups is 3. The summed E-state index contributed by atoms with van der Waals surface area (Å²) in [6.07, 6.45) is 2.00. The molecule has 30 heavy (non-hydrogen) atoms. The third-order valence-corrected chi connectivity index (χ3v) is 8.51. The number of tetrazole rings is 1. The zero-order valence-electron chi connectivity index (χ0n) is 16.0. The van der Waals surface area contributed by atoms with Gasteiger partial charge in [0, 0.05) is 6.92 Å². The number of hydrogen-bond acceptors (Lipinski definition) is 11. The lowest BCUT2D eigenvalue weighted by molar-refractivity contribution is -0.151. The van der Waals surface area contributed by atoms with Gasteiger partial charge in [-0.25, -0.2) is 9.48 Å². The lowest BCUT2D eigenvalue weighted by Crippen LogP contribution is -2.65. The number of hydrogen-bond donors (Lipinski definition) is 2. The van der Waals surface area contributed by atoms with Crippen LogP contribution in [0.15, 0.2) is 21.3 Å². The quantitative estimate of drug-likeness (QED) is 0.568. The van der Waals surface area contributed by atoms with Crippen LogP contribution in [-0.4, -0.2) is 68.4 Å². The molecule has 15 heteroatoms. The number of nitrogens with zero attached hydrogens (tertiary/aromatic N) is 7. The molecule has 2 N–H and O–H groups in total. The minimum absolute atomic E-state index is 0.192. The van der Waals surface area contributed by atoms with Gasteiger partial charge in [0.05, 0.1) is 4.91 Å². The van der Waals surface area contributed by atoms with Gasteiger partial charge in [-0.2, -0.15) is 0 Å². The lowest BCUT2D eigenvalue weighted by Gasteiger charge is -2.53. The van der Waals surface area contributed by atoms with Crippen LogP contribution in [0.3, 0.4) is 0 Å². The van der Waals surface area contributed by atoms with E-state index in [0.717, 1.165) is 16.8 Å². The Labute approximate surface area is 182 Å². The van der Waals surface area contributed by atoms with Crippen molar-refractivity contribution >= 4 is 52.6 Å². The van der Waals surface area contributed by atoms with Crippen LogP contribution in [0, 0.1) is 0 Å². The average Bonchev–Trinajstić information content (AvgIpc) is 3.34. The maximum atomic E-state index is 12.9. The van der Waals surface area contributed by atoms with E-state index in [1.807, 2.05) is 6.92 Å². The van der Waals surface area contributed by atoms with E-state index >= 15 is 0 Å². The summed E-state index contributed by atoms with van der Waals surface area (Å²) in [5.74, 6) is -2.05. The highest BCUT2D eigenvalue weighted by Crippen LogP contribution is 2.56. The van der Waals surface area contributed by atoms with Crippen LogP contribution in [0.25, 0.3) is 0 Å². The average molecular weight is 469 g/mol. The molecule has 1 saturated heterocycles. The van der Waals surface area contributed by atoms with Crippen molar-refractivity contribution in [1.82, 2.24) is 40.6 Å². The molecule has 2 aromatic heterocycles. The maximum Gasteiger partial charge on any atom is 0.353 e. The van der Waals surface area contributed by atoms with Crippen molar-refractivity contribution in [1.29, 1.82) is 0 Å². The Kier molecular flexibility index (Phi) is 5.27. The van der Waals surface area contributed by atoms with Gasteiger partial charge in [0.1, 0.15) is 27.3 Å². The smallest absolute Gasteiger partial charge is 0.353 e. The van der Waals surface area contributed by atoms with E-state index < -0.39 is 28.2 Å². The molecule has 4 heterocycles. The third-order valence-electron chi connectivity index (χ3n) is 4.47. The van der Waals surface area contributed by atoms with Gasteiger partial charge in [0.2, 0.25) is 5.91 Å². The molecule has 0 aromatic carbocycles. The Morgan fingerprint density at radius 3 is 2.73 bits per heavy atom. The fraction of sp³-hybridized carbons (Fsp3) is 0.467. The summed E-state index contributed by atoms with van der Waals surface area (Å²) in [6.45, 7) is 5.01. The summed E-state index contributed by atoms with van der Waals surface area (Å²) >= 11 is 3.68. The van der Waals surface area contributed by atoms with Crippen LogP contribution < -0.4 is 5.32 Å². The Balaban J connectivity index is 1.81. The number of aliphatic carboxylic acids is 1. The Morgan fingerprint density at radius 1 is 1.40 bits per heavy atom. The van der Waals surface area contributed by atoms with Gasteiger partial charge < -0.3 is 10.4 Å². The molecule has 0 radical (unpaired) electrons. The number of carboxylic acid groups (broad SMARTS) is 1. The van der Waals surface area contributed by atoms with Crippen molar-refractivity contribution in [2.75, 3.05) is 0 Å². The van der Waals surface area contributed by atoms with Crippen molar-refractivity contribution in [2.45, 2.75) is 47.8 Å². The van der Waals surface area contributed by atoms with Crippen LogP contribution in [0.4, 0.5) is 0 Å². The first-order valence-electron chi connectivity index (χ1n) is 8.75. The van der Waals surface area contributed by atoms with E-state index in [4.69, 9.17) is 0 Å². The summed E-state index contributed by atoms with van der Waals surface area (Å²) in [5, 5.41) is 32.1. The summed E-state index contributed by atoms with van der Waals surface area (Å²) in [5.41, 5.74) is -0.192. The highest BCUT2D eigenvalue weighted by atomic mass is 32.2. The highest BCUT2D eigenvalue weighted by molar-refractivity contribution is 8.08. The number of β-lactam (4-membered cyclic amide) rings is 1. The molecule has 3 atom stereocenters. The van der Waals surface area contributed by atoms with Gasteiger partial charge >= 0.3 is 5.97 Å². The molecule has 2 aliphatic rings. The first-order chi connectivity index (χ1) is 14.2. The molecule has 12 nitrogen and oxygen atoms in total. The highest BCUT2D eigenvalue weighted by Gasteiger charge is 2.60. The zero-order chi connectivity index (χ0) is 21.6. The first kappa shape index (κ1) is 20.7. The van der Waals surface area contributed by atoms with Crippen LogP contribution >= 0.6 is 34.9 Å². The van der Waals surface area contributed by atoms with Crippen molar-refractivity contribution < 1.29 is 19.5 Å². The number of aryl methyl sites for hydroxylation is 1. The number of thioether (sulfide) groups is 2. The van der Waals surface area contributed by atoms with Crippen LogP contribution in [0.2, 0.25) is 0 Å². The Hall–Kier alpha value is -2.52. The van der Waals surface area contributed by atoms with Crippen LogP contribution in [-0.2, 0) is 20.8 Å². The fourth-order valence-electron chi connectivity index (χ4n) is 3.25. The SMILES string of the molecule is CCc1nnc(SC2=C(C(=O)O)N3C(=O)C(n4cnnn4)[C@H]3SC2(C)NC(C)=O)s1. The minimum atomic E-state index is -1.27. The topological polar surface area (TPSA) is 156 Å². The number of amides is 2. The predicted molar refractivity (Wildman–Crippen MR) is 107 cm³/mol. The minimum Gasteiger partial charge on any atom is -0.477 e. The van der Waals surface area contributed by atoms with Crippen molar-refractivity contribution in [3.63, 3.8) is 0 Å². The molecule has 1 fully saturated rings. The molecule has 2 unspecified atom stereocenters. The molecule has 0 bridgehead atoms. The molecular formula is C15H16N8O4S3. The Morgan fingerprint density at radius 2 is 2.17 bits per heavy atom. The van der Waals surface area contributed by atoms with Crippen molar-refractivity contribution in [3.05, 3.63) is 21.9 Å². The predicted octanol–water partition coefficient (Wildman–Crippen LogP) is 0.484. The number of nitrogens with one attached hydrogen (secondary N) is 1. The van der Waals surface area contributed by atoms with Gasteiger partial charge in [-0.05, 0) is 23.8 Å². The molecular weight excluding hydrogens is 452 g/mol.